The van der Waals surface area contributed by atoms with Gasteiger partial charge in [-0.3, -0.25) is 4.99 Å². The first-order valence-corrected chi connectivity index (χ1v) is 6.99. The van der Waals surface area contributed by atoms with Crippen LogP contribution in [0.1, 0.15) is 30.0 Å². The summed E-state index contributed by atoms with van der Waals surface area (Å²) in [7, 11) is 1.76. The van der Waals surface area contributed by atoms with Crippen LogP contribution in [0.2, 0.25) is 0 Å². The Bertz CT molecular complexity index is 595. The first kappa shape index (κ1) is 15.0. The first-order valence-electron chi connectivity index (χ1n) is 6.99. The molecule has 5 nitrogen and oxygen atoms in total. The standard InChI is InChI=1S/C16H21N5/c1-12(14-7-5-4-6-8-14)20-16(17-3)19-11-15-9-10-18-13(2)21-15/h4-10,12H,11H2,1-3H3,(H2,17,19,20). The molecule has 1 aromatic heterocycles. The summed E-state index contributed by atoms with van der Waals surface area (Å²) in [5.41, 5.74) is 2.16. The maximum atomic E-state index is 4.36. The largest absolute Gasteiger partial charge is 0.351 e. The molecule has 1 heterocycles. The van der Waals surface area contributed by atoms with E-state index < -0.39 is 0 Å². The Morgan fingerprint density at radius 2 is 2.00 bits per heavy atom. The van der Waals surface area contributed by atoms with E-state index in [1.54, 1.807) is 13.2 Å². The van der Waals surface area contributed by atoms with Crippen LogP contribution in [-0.2, 0) is 6.54 Å². The molecule has 110 valence electrons. The van der Waals surface area contributed by atoms with Crippen molar-refractivity contribution in [2.24, 2.45) is 4.99 Å². The minimum atomic E-state index is 0.185. The second-order valence-electron chi connectivity index (χ2n) is 4.80. The van der Waals surface area contributed by atoms with Crippen molar-refractivity contribution in [2.75, 3.05) is 7.05 Å². The van der Waals surface area contributed by atoms with E-state index in [-0.39, 0.29) is 6.04 Å². The molecule has 1 aromatic carbocycles. The number of guanidine groups is 1. The van der Waals surface area contributed by atoms with Crippen LogP contribution >= 0.6 is 0 Å². The number of hydrogen-bond acceptors (Lipinski definition) is 3. The topological polar surface area (TPSA) is 62.2 Å². The smallest absolute Gasteiger partial charge is 0.191 e. The fraction of sp³-hybridized carbons (Fsp3) is 0.312. The number of aromatic nitrogens is 2. The van der Waals surface area contributed by atoms with E-state index in [1.807, 2.05) is 31.2 Å². The fourth-order valence-corrected chi connectivity index (χ4v) is 2.00. The van der Waals surface area contributed by atoms with Gasteiger partial charge < -0.3 is 10.6 Å². The highest BCUT2D eigenvalue weighted by Crippen LogP contribution is 2.10. The number of nitrogens with one attached hydrogen (secondary N) is 2. The van der Waals surface area contributed by atoms with Gasteiger partial charge in [-0.05, 0) is 25.5 Å². The maximum absolute atomic E-state index is 4.36. The molecule has 2 N–H and O–H groups in total. The molecule has 0 fully saturated rings. The van der Waals surface area contributed by atoms with Gasteiger partial charge in [0.25, 0.3) is 0 Å². The normalized spacial score (nSPS) is 12.8. The Labute approximate surface area is 125 Å². The van der Waals surface area contributed by atoms with Crippen LogP contribution in [0.3, 0.4) is 0 Å². The summed E-state index contributed by atoms with van der Waals surface area (Å²) in [6, 6.07) is 12.4. The van der Waals surface area contributed by atoms with Crippen LogP contribution in [0.25, 0.3) is 0 Å². The average molecular weight is 283 g/mol. The summed E-state index contributed by atoms with van der Waals surface area (Å²) < 4.78 is 0. The molecule has 0 aliphatic rings. The molecule has 1 atom stereocenters. The average Bonchev–Trinajstić information content (AvgIpc) is 2.52. The fourth-order valence-electron chi connectivity index (χ4n) is 2.00. The van der Waals surface area contributed by atoms with Gasteiger partial charge in [0.15, 0.2) is 5.96 Å². The van der Waals surface area contributed by atoms with Gasteiger partial charge in [-0.25, -0.2) is 9.97 Å². The Kier molecular flexibility index (Phi) is 5.26. The van der Waals surface area contributed by atoms with Crippen molar-refractivity contribution in [2.45, 2.75) is 26.4 Å². The van der Waals surface area contributed by atoms with Gasteiger partial charge in [0, 0.05) is 13.2 Å². The zero-order valence-electron chi connectivity index (χ0n) is 12.7. The van der Waals surface area contributed by atoms with Crippen molar-refractivity contribution < 1.29 is 0 Å². The molecule has 0 spiro atoms. The van der Waals surface area contributed by atoms with Gasteiger partial charge in [-0.15, -0.1) is 0 Å². The lowest BCUT2D eigenvalue weighted by Crippen LogP contribution is -2.38. The van der Waals surface area contributed by atoms with Crippen LogP contribution in [0.4, 0.5) is 0 Å². The maximum Gasteiger partial charge on any atom is 0.191 e. The molecule has 0 radical (unpaired) electrons. The first-order chi connectivity index (χ1) is 10.2. The molecule has 5 heteroatoms. The Morgan fingerprint density at radius 1 is 1.24 bits per heavy atom. The Morgan fingerprint density at radius 3 is 2.67 bits per heavy atom. The van der Waals surface area contributed by atoms with Gasteiger partial charge in [0.2, 0.25) is 0 Å². The molecule has 21 heavy (non-hydrogen) atoms. The minimum Gasteiger partial charge on any atom is -0.351 e. The summed E-state index contributed by atoms with van der Waals surface area (Å²) in [5.74, 6) is 1.53. The van der Waals surface area contributed by atoms with Crippen molar-refractivity contribution in [3.8, 4) is 0 Å². The molecular formula is C16H21N5. The predicted molar refractivity (Wildman–Crippen MR) is 85.0 cm³/mol. The third-order valence-corrected chi connectivity index (χ3v) is 3.15. The highest BCUT2D eigenvalue weighted by molar-refractivity contribution is 5.80. The van der Waals surface area contributed by atoms with E-state index in [0.29, 0.717) is 6.54 Å². The molecule has 2 rings (SSSR count). The monoisotopic (exact) mass is 283 g/mol. The van der Waals surface area contributed by atoms with Crippen molar-refractivity contribution >= 4 is 5.96 Å². The zero-order chi connectivity index (χ0) is 15.1. The van der Waals surface area contributed by atoms with Crippen LogP contribution in [0.15, 0.2) is 47.6 Å². The lowest BCUT2D eigenvalue weighted by molar-refractivity contribution is 0.682. The molecule has 0 amide bonds. The lowest BCUT2D eigenvalue weighted by Gasteiger charge is -2.18. The highest BCUT2D eigenvalue weighted by atomic mass is 15.2. The van der Waals surface area contributed by atoms with E-state index in [9.17, 15) is 0 Å². The summed E-state index contributed by atoms with van der Waals surface area (Å²) in [6.07, 6.45) is 1.77. The second kappa shape index (κ2) is 7.38. The summed E-state index contributed by atoms with van der Waals surface area (Å²) in [4.78, 5) is 12.7. The number of benzene rings is 1. The molecule has 0 aliphatic heterocycles. The molecule has 2 aromatic rings. The number of hydrogen-bond donors (Lipinski definition) is 2. The lowest BCUT2D eigenvalue weighted by atomic mass is 10.1. The van der Waals surface area contributed by atoms with Crippen molar-refractivity contribution in [3.63, 3.8) is 0 Å². The summed E-state index contributed by atoms with van der Waals surface area (Å²) >= 11 is 0. The molecule has 0 bridgehead atoms. The molecule has 0 saturated heterocycles. The van der Waals surface area contributed by atoms with Gasteiger partial charge >= 0.3 is 0 Å². The summed E-state index contributed by atoms with van der Waals surface area (Å²) in [6.45, 7) is 4.61. The third-order valence-electron chi connectivity index (χ3n) is 3.15. The van der Waals surface area contributed by atoms with E-state index in [2.05, 4.69) is 44.7 Å². The number of aryl methyl sites for hydroxylation is 1. The van der Waals surface area contributed by atoms with Crippen LogP contribution < -0.4 is 10.6 Å². The van der Waals surface area contributed by atoms with Crippen molar-refractivity contribution in [1.29, 1.82) is 0 Å². The van der Waals surface area contributed by atoms with Gasteiger partial charge in [0.1, 0.15) is 5.82 Å². The predicted octanol–water partition coefficient (Wildman–Crippen LogP) is 2.21. The van der Waals surface area contributed by atoms with Gasteiger partial charge in [-0.1, -0.05) is 30.3 Å². The number of nitrogens with zero attached hydrogens (tertiary/aromatic N) is 3. The Balaban J connectivity index is 1.92. The van der Waals surface area contributed by atoms with Crippen LogP contribution in [0, 0.1) is 6.92 Å². The second-order valence-corrected chi connectivity index (χ2v) is 4.80. The number of rotatable bonds is 4. The van der Waals surface area contributed by atoms with E-state index in [4.69, 9.17) is 0 Å². The minimum absolute atomic E-state index is 0.185. The SMILES string of the molecule is CN=C(NCc1ccnc(C)n1)NC(C)c1ccccc1. The zero-order valence-corrected chi connectivity index (χ0v) is 12.7. The van der Waals surface area contributed by atoms with E-state index >= 15 is 0 Å². The van der Waals surface area contributed by atoms with E-state index in [1.165, 1.54) is 5.56 Å². The Hall–Kier alpha value is -2.43. The molecule has 1 unspecified atom stereocenters. The van der Waals surface area contributed by atoms with E-state index in [0.717, 1.165) is 17.5 Å². The van der Waals surface area contributed by atoms with Gasteiger partial charge in [0.05, 0.1) is 18.3 Å². The third kappa shape index (κ3) is 4.56. The quantitative estimate of drug-likeness (QED) is 0.667. The molecule has 0 aliphatic carbocycles. The van der Waals surface area contributed by atoms with Crippen LogP contribution in [-0.4, -0.2) is 23.0 Å². The molecular weight excluding hydrogens is 262 g/mol. The summed E-state index contributed by atoms with van der Waals surface area (Å²) in [5, 5.41) is 6.63. The van der Waals surface area contributed by atoms with Gasteiger partial charge in [-0.2, -0.15) is 0 Å². The van der Waals surface area contributed by atoms with Crippen LogP contribution in [0.5, 0.6) is 0 Å². The number of aliphatic imine (C=N–C) groups is 1. The highest BCUT2D eigenvalue weighted by Gasteiger charge is 2.07. The van der Waals surface area contributed by atoms with Crippen molar-refractivity contribution in [3.05, 3.63) is 59.7 Å². The van der Waals surface area contributed by atoms with Crippen molar-refractivity contribution in [1.82, 2.24) is 20.6 Å². The molecule has 0 saturated carbocycles.